The van der Waals surface area contributed by atoms with Gasteiger partial charge in [0.25, 0.3) is 0 Å². The molecule has 0 amide bonds. The van der Waals surface area contributed by atoms with Crippen LogP contribution < -0.4 is 5.73 Å². The van der Waals surface area contributed by atoms with Gasteiger partial charge in [0.2, 0.25) is 0 Å². The maximum absolute atomic E-state index is 5.60. The standard InChI is InChI=1S/C7H15N/c1-5-3-7(5)4-6(2)8/h5-7H,3-4,8H2,1-2H3. The number of hydrogen-bond donors (Lipinski definition) is 1. The summed E-state index contributed by atoms with van der Waals surface area (Å²) in [6.45, 7) is 4.39. The zero-order chi connectivity index (χ0) is 6.15. The van der Waals surface area contributed by atoms with E-state index in [1.807, 2.05) is 0 Å². The predicted octanol–water partition coefficient (Wildman–Crippen LogP) is 1.38. The van der Waals surface area contributed by atoms with Gasteiger partial charge >= 0.3 is 0 Å². The van der Waals surface area contributed by atoms with Gasteiger partial charge < -0.3 is 5.73 Å². The van der Waals surface area contributed by atoms with Crippen molar-refractivity contribution < 1.29 is 0 Å². The first kappa shape index (κ1) is 6.09. The summed E-state index contributed by atoms with van der Waals surface area (Å²) in [5.41, 5.74) is 5.60. The van der Waals surface area contributed by atoms with Crippen molar-refractivity contribution in [1.29, 1.82) is 0 Å². The van der Waals surface area contributed by atoms with Gasteiger partial charge in [-0.15, -0.1) is 0 Å². The second kappa shape index (κ2) is 2.06. The van der Waals surface area contributed by atoms with Crippen LogP contribution in [0.15, 0.2) is 0 Å². The molecule has 1 saturated carbocycles. The highest BCUT2D eigenvalue weighted by atomic mass is 14.6. The van der Waals surface area contributed by atoms with Crippen molar-refractivity contribution in [2.45, 2.75) is 32.7 Å². The second-order valence-electron chi connectivity index (χ2n) is 3.19. The predicted molar refractivity (Wildman–Crippen MR) is 35.5 cm³/mol. The molecule has 0 aromatic heterocycles. The smallest absolute Gasteiger partial charge is 0.00132 e. The summed E-state index contributed by atoms with van der Waals surface area (Å²) < 4.78 is 0. The topological polar surface area (TPSA) is 26.0 Å². The third-order valence-corrected chi connectivity index (χ3v) is 1.95. The molecule has 1 aliphatic carbocycles. The lowest BCUT2D eigenvalue weighted by Crippen LogP contribution is -2.15. The highest BCUT2D eigenvalue weighted by Gasteiger charge is 2.32. The Kier molecular flexibility index (Phi) is 1.57. The van der Waals surface area contributed by atoms with E-state index in [9.17, 15) is 0 Å². The lowest BCUT2D eigenvalue weighted by Gasteiger charge is -2.00. The summed E-state index contributed by atoms with van der Waals surface area (Å²) >= 11 is 0. The fourth-order valence-corrected chi connectivity index (χ4v) is 1.21. The van der Waals surface area contributed by atoms with Crippen LogP contribution in [0.2, 0.25) is 0 Å². The summed E-state index contributed by atoms with van der Waals surface area (Å²) in [5.74, 6) is 1.94. The Bertz CT molecular complexity index is 78.5. The molecule has 0 aromatic rings. The van der Waals surface area contributed by atoms with Crippen LogP contribution >= 0.6 is 0 Å². The summed E-state index contributed by atoms with van der Waals surface area (Å²) in [4.78, 5) is 0. The van der Waals surface area contributed by atoms with Crippen LogP contribution in [0.1, 0.15) is 26.7 Å². The second-order valence-corrected chi connectivity index (χ2v) is 3.19. The van der Waals surface area contributed by atoms with Gasteiger partial charge in [0.1, 0.15) is 0 Å². The lowest BCUT2D eigenvalue weighted by molar-refractivity contribution is 0.582. The molecule has 0 spiro atoms. The molecule has 1 aliphatic rings. The van der Waals surface area contributed by atoms with E-state index in [1.54, 1.807) is 0 Å². The van der Waals surface area contributed by atoms with Crippen LogP contribution in [0, 0.1) is 11.8 Å². The molecule has 0 aromatic carbocycles. The summed E-state index contributed by atoms with van der Waals surface area (Å²) in [7, 11) is 0. The number of nitrogens with two attached hydrogens (primary N) is 1. The van der Waals surface area contributed by atoms with Crippen molar-refractivity contribution >= 4 is 0 Å². The Hall–Kier alpha value is -0.0400. The molecule has 0 radical (unpaired) electrons. The van der Waals surface area contributed by atoms with Crippen LogP contribution in [-0.4, -0.2) is 6.04 Å². The van der Waals surface area contributed by atoms with E-state index >= 15 is 0 Å². The number of rotatable bonds is 2. The van der Waals surface area contributed by atoms with Gasteiger partial charge in [0, 0.05) is 6.04 Å². The summed E-state index contributed by atoms with van der Waals surface area (Å²) in [6, 6.07) is 0.421. The fraction of sp³-hybridized carbons (Fsp3) is 1.00. The minimum Gasteiger partial charge on any atom is -0.328 e. The molecule has 1 fully saturated rings. The maximum Gasteiger partial charge on any atom is 0.00132 e. The minimum atomic E-state index is 0.421. The normalized spacial score (nSPS) is 39.4. The van der Waals surface area contributed by atoms with Gasteiger partial charge in [-0.1, -0.05) is 6.92 Å². The van der Waals surface area contributed by atoms with Gasteiger partial charge in [-0.05, 0) is 31.6 Å². The first-order valence-corrected chi connectivity index (χ1v) is 3.45. The first-order valence-electron chi connectivity index (χ1n) is 3.45. The largest absolute Gasteiger partial charge is 0.328 e. The molecule has 2 N–H and O–H groups in total. The molecule has 0 bridgehead atoms. The molecule has 1 heteroatoms. The quantitative estimate of drug-likeness (QED) is 0.575. The molecule has 1 rings (SSSR count). The zero-order valence-electron chi connectivity index (χ0n) is 5.72. The SMILES string of the molecule is CC(N)CC1CC1C. The zero-order valence-corrected chi connectivity index (χ0v) is 5.72. The third-order valence-electron chi connectivity index (χ3n) is 1.95. The summed E-state index contributed by atoms with van der Waals surface area (Å²) in [5, 5.41) is 0. The highest BCUT2D eigenvalue weighted by molar-refractivity contribution is 4.84. The van der Waals surface area contributed by atoms with Crippen LogP contribution in [-0.2, 0) is 0 Å². The first-order chi connectivity index (χ1) is 3.70. The van der Waals surface area contributed by atoms with E-state index in [2.05, 4.69) is 13.8 Å². The van der Waals surface area contributed by atoms with Crippen molar-refractivity contribution in [2.75, 3.05) is 0 Å². The van der Waals surface area contributed by atoms with Gasteiger partial charge in [-0.25, -0.2) is 0 Å². The molecular formula is C7H15N. The Morgan fingerprint density at radius 1 is 1.75 bits per heavy atom. The third kappa shape index (κ3) is 1.48. The Balaban J connectivity index is 2.05. The van der Waals surface area contributed by atoms with Gasteiger partial charge in [-0.3, -0.25) is 0 Å². The van der Waals surface area contributed by atoms with Crippen molar-refractivity contribution in [3.8, 4) is 0 Å². The number of hydrogen-bond acceptors (Lipinski definition) is 1. The van der Waals surface area contributed by atoms with E-state index in [0.717, 1.165) is 11.8 Å². The van der Waals surface area contributed by atoms with E-state index in [0.29, 0.717) is 6.04 Å². The van der Waals surface area contributed by atoms with Gasteiger partial charge in [-0.2, -0.15) is 0 Å². The molecule has 0 saturated heterocycles. The van der Waals surface area contributed by atoms with Crippen LogP contribution in [0.4, 0.5) is 0 Å². The summed E-state index contributed by atoms with van der Waals surface area (Å²) in [6.07, 6.45) is 2.66. The van der Waals surface area contributed by atoms with Crippen molar-refractivity contribution in [2.24, 2.45) is 17.6 Å². The van der Waals surface area contributed by atoms with Crippen molar-refractivity contribution in [1.82, 2.24) is 0 Å². The fourth-order valence-electron chi connectivity index (χ4n) is 1.21. The maximum atomic E-state index is 5.60. The lowest BCUT2D eigenvalue weighted by atomic mass is 10.1. The molecule has 8 heavy (non-hydrogen) atoms. The van der Waals surface area contributed by atoms with Gasteiger partial charge in [0.05, 0.1) is 0 Å². The molecule has 3 atom stereocenters. The Morgan fingerprint density at radius 3 is 2.38 bits per heavy atom. The van der Waals surface area contributed by atoms with E-state index < -0.39 is 0 Å². The van der Waals surface area contributed by atoms with E-state index in [-0.39, 0.29) is 0 Å². The van der Waals surface area contributed by atoms with Crippen molar-refractivity contribution in [3.05, 3.63) is 0 Å². The average Bonchev–Trinajstić information content (AvgIpc) is 2.17. The minimum absolute atomic E-state index is 0.421. The van der Waals surface area contributed by atoms with Gasteiger partial charge in [0.15, 0.2) is 0 Å². The monoisotopic (exact) mass is 113 g/mol. The van der Waals surface area contributed by atoms with Crippen LogP contribution in [0.25, 0.3) is 0 Å². The molecular weight excluding hydrogens is 98.1 g/mol. The van der Waals surface area contributed by atoms with E-state index in [1.165, 1.54) is 12.8 Å². The van der Waals surface area contributed by atoms with Crippen molar-refractivity contribution in [3.63, 3.8) is 0 Å². The molecule has 3 unspecified atom stereocenters. The van der Waals surface area contributed by atoms with Crippen LogP contribution in [0.5, 0.6) is 0 Å². The molecule has 0 aliphatic heterocycles. The highest BCUT2D eigenvalue weighted by Crippen LogP contribution is 2.40. The van der Waals surface area contributed by atoms with Crippen LogP contribution in [0.3, 0.4) is 0 Å². The average molecular weight is 113 g/mol. The Morgan fingerprint density at radius 2 is 2.25 bits per heavy atom. The Labute approximate surface area is 51.3 Å². The molecule has 0 heterocycles. The molecule has 48 valence electrons. The molecule has 1 nitrogen and oxygen atoms in total. The van der Waals surface area contributed by atoms with E-state index in [4.69, 9.17) is 5.73 Å².